The smallest absolute Gasteiger partial charge is 0.144 e. The number of unbranched alkanes of at least 4 members (excludes halogenated alkanes) is 1. The van der Waals surface area contributed by atoms with Crippen LogP contribution in [0.4, 0.5) is 26.0 Å². The Labute approximate surface area is 168 Å². The highest BCUT2D eigenvalue weighted by molar-refractivity contribution is 7.97. The third kappa shape index (κ3) is 6.84. The fourth-order valence-corrected chi connectivity index (χ4v) is 1.99. The Hall–Kier alpha value is -2.61. The van der Waals surface area contributed by atoms with Gasteiger partial charge >= 0.3 is 0 Å². The monoisotopic (exact) mass is 408 g/mol. The van der Waals surface area contributed by atoms with Gasteiger partial charge in [-0.25, -0.2) is 18.7 Å². The van der Waals surface area contributed by atoms with Gasteiger partial charge in [0, 0.05) is 11.8 Å². The van der Waals surface area contributed by atoms with Gasteiger partial charge in [-0.05, 0) is 36.8 Å². The van der Waals surface area contributed by atoms with Gasteiger partial charge in [-0.1, -0.05) is 26.7 Å². The summed E-state index contributed by atoms with van der Waals surface area (Å²) in [6.07, 6.45) is 7.96. The number of nitrogen functional groups attached to an aromatic ring is 1. The zero-order chi connectivity index (χ0) is 21.1. The van der Waals surface area contributed by atoms with E-state index in [1.54, 1.807) is 11.8 Å². The maximum Gasteiger partial charge on any atom is 0.144 e. The third-order valence-corrected chi connectivity index (χ3v) is 3.43. The predicted octanol–water partition coefficient (Wildman–Crippen LogP) is 5.73. The molecule has 152 valence electrons. The number of fused-ring (bicyclic) bond motifs is 1. The molecule has 1 heterocycles. The van der Waals surface area contributed by atoms with Crippen molar-refractivity contribution in [1.82, 2.24) is 9.97 Å². The highest BCUT2D eigenvalue weighted by Crippen LogP contribution is 2.31. The summed E-state index contributed by atoms with van der Waals surface area (Å²) < 4.78 is 27.0. The lowest BCUT2D eigenvalue weighted by molar-refractivity contribution is 0.471. The molecule has 0 aliphatic heterocycles. The number of rotatable bonds is 3. The summed E-state index contributed by atoms with van der Waals surface area (Å²) in [4.78, 5) is 7.90. The molecule has 0 fully saturated rings. The fourth-order valence-electron chi connectivity index (χ4n) is 1.99. The summed E-state index contributed by atoms with van der Waals surface area (Å²) in [7, 11) is 0. The zero-order valence-electron chi connectivity index (χ0n) is 16.5. The van der Waals surface area contributed by atoms with Crippen molar-refractivity contribution in [3.8, 4) is 5.75 Å². The molecule has 3 aromatic rings. The quantitative estimate of drug-likeness (QED) is 0.379. The van der Waals surface area contributed by atoms with Gasteiger partial charge in [0.1, 0.15) is 29.5 Å². The minimum atomic E-state index is -0.588. The second-order valence-electron chi connectivity index (χ2n) is 5.81. The number of aromatic hydroxyl groups is 1. The van der Waals surface area contributed by atoms with Gasteiger partial charge in [-0.2, -0.15) is 11.8 Å². The number of halogens is 2. The minimum Gasteiger partial charge on any atom is -0.506 e. The van der Waals surface area contributed by atoms with E-state index in [4.69, 9.17) is 5.73 Å². The molecular weight excluding hydrogens is 382 g/mol. The number of anilines is 3. The Morgan fingerprint density at radius 3 is 2.29 bits per heavy atom. The SMILES string of the molecule is CCCC.CSC.Nc1cc(F)c2c(Nc3ccc(F)cc3O)ncnc2c1. The van der Waals surface area contributed by atoms with E-state index in [2.05, 4.69) is 29.1 Å². The van der Waals surface area contributed by atoms with Gasteiger partial charge in [0.05, 0.1) is 16.6 Å². The Balaban J connectivity index is 0.000000489. The molecule has 0 unspecified atom stereocenters. The fraction of sp³-hybridized carbons (Fsp3) is 0.300. The van der Waals surface area contributed by atoms with E-state index in [9.17, 15) is 13.9 Å². The Morgan fingerprint density at radius 1 is 1.07 bits per heavy atom. The van der Waals surface area contributed by atoms with Gasteiger partial charge in [0.15, 0.2) is 0 Å². The van der Waals surface area contributed by atoms with Gasteiger partial charge in [-0.3, -0.25) is 0 Å². The van der Waals surface area contributed by atoms with E-state index < -0.39 is 11.6 Å². The molecule has 0 radical (unpaired) electrons. The van der Waals surface area contributed by atoms with Crippen LogP contribution in [0.5, 0.6) is 5.75 Å². The zero-order valence-corrected chi connectivity index (χ0v) is 17.3. The van der Waals surface area contributed by atoms with E-state index in [0.717, 1.165) is 12.1 Å². The average Bonchev–Trinajstić information content (AvgIpc) is 2.64. The second kappa shape index (κ2) is 12.0. The lowest BCUT2D eigenvalue weighted by Gasteiger charge is -2.10. The molecule has 4 N–H and O–H groups in total. The van der Waals surface area contributed by atoms with E-state index in [-0.39, 0.29) is 28.3 Å². The van der Waals surface area contributed by atoms with E-state index in [1.165, 1.54) is 37.4 Å². The number of nitrogens with two attached hydrogens (primary N) is 1. The molecule has 28 heavy (non-hydrogen) atoms. The number of phenolic OH excluding ortho intramolecular Hbond substituents is 1. The van der Waals surface area contributed by atoms with Crippen molar-refractivity contribution in [2.24, 2.45) is 0 Å². The van der Waals surface area contributed by atoms with Crippen molar-refractivity contribution >= 4 is 39.9 Å². The molecule has 8 heteroatoms. The maximum atomic E-state index is 14.1. The second-order valence-corrected chi connectivity index (χ2v) is 6.63. The summed E-state index contributed by atoms with van der Waals surface area (Å²) in [6, 6.07) is 6.10. The molecule has 1 aromatic heterocycles. The van der Waals surface area contributed by atoms with Crippen molar-refractivity contribution in [3.63, 3.8) is 0 Å². The van der Waals surface area contributed by atoms with Crippen LogP contribution in [-0.2, 0) is 0 Å². The van der Waals surface area contributed by atoms with Crippen LogP contribution < -0.4 is 11.1 Å². The lowest BCUT2D eigenvalue weighted by atomic mass is 10.2. The summed E-state index contributed by atoms with van der Waals surface area (Å²) in [5.41, 5.74) is 6.34. The number of hydrogen-bond donors (Lipinski definition) is 3. The molecule has 0 bridgehead atoms. The molecular formula is C20H26F2N4OS. The van der Waals surface area contributed by atoms with Crippen LogP contribution in [0.3, 0.4) is 0 Å². The first kappa shape index (κ1) is 23.4. The number of aromatic nitrogens is 2. The van der Waals surface area contributed by atoms with Crippen molar-refractivity contribution in [3.05, 3.63) is 48.3 Å². The van der Waals surface area contributed by atoms with Crippen molar-refractivity contribution < 1.29 is 13.9 Å². The van der Waals surface area contributed by atoms with Crippen LogP contribution in [0.2, 0.25) is 0 Å². The molecule has 0 saturated carbocycles. The van der Waals surface area contributed by atoms with Gasteiger partial charge < -0.3 is 16.2 Å². The highest BCUT2D eigenvalue weighted by atomic mass is 32.2. The number of benzene rings is 2. The van der Waals surface area contributed by atoms with Crippen LogP contribution in [0.25, 0.3) is 10.9 Å². The summed E-state index contributed by atoms with van der Waals surface area (Å²) >= 11 is 1.75. The standard InChI is InChI=1S/C14H10F2N4O.C4H10.C2H6S/c15-7-1-2-10(12(21)3-7)20-14-13-9(16)4-8(17)5-11(13)18-6-19-14;1-3-4-2;1-3-2/h1-6,21H,17H2,(H,18,19,20);3-4H2,1-2H3;1-2H3. The topological polar surface area (TPSA) is 84.1 Å². The van der Waals surface area contributed by atoms with Crippen molar-refractivity contribution in [2.45, 2.75) is 26.7 Å². The van der Waals surface area contributed by atoms with Crippen LogP contribution in [0.15, 0.2) is 36.7 Å². The van der Waals surface area contributed by atoms with Crippen LogP contribution in [0.1, 0.15) is 26.7 Å². The normalized spacial score (nSPS) is 9.79. The van der Waals surface area contributed by atoms with Crippen LogP contribution in [-0.4, -0.2) is 27.6 Å². The summed E-state index contributed by atoms with van der Waals surface area (Å²) in [5, 5.41) is 12.6. The summed E-state index contributed by atoms with van der Waals surface area (Å²) in [6.45, 7) is 4.36. The third-order valence-electron chi connectivity index (χ3n) is 3.43. The van der Waals surface area contributed by atoms with E-state index in [0.29, 0.717) is 5.52 Å². The highest BCUT2D eigenvalue weighted by Gasteiger charge is 2.12. The summed E-state index contributed by atoms with van der Waals surface area (Å²) in [5.74, 6) is -1.32. The van der Waals surface area contributed by atoms with Crippen molar-refractivity contribution in [1.29, 1.82) is 0 Å². The number of nitrogens with one attached hydrogen (secondary N) is 1. The Bertz CT molecular complexity index is 891. The van der Waals surface area contributed by atoms with E-state index in [1.807, 2.05) is 12.5 Å². The molecule has 0 spiro atoms. The molecule has 2 aromatic carbocycles. The van der Waals surface area contributed by atoms with Crippen molar-refractivity contribution in [2.75, 3.05) is 23.6 Å². The Morgan fingerprint density at radius 2 is 1.71 bits per heavy atom. The average molecular weight is 409 g/mol. The predicted molar refractivity (Wildman–Crippen MR) is 115 cm³/mol. The Kier molecular flexibility index (Phi) is 10.0. The van der Waals surface area contributed by atoms with Crippen LogP contribution >= 0.6 is 11.8 Å². The molecule has 3 rings (SSSR count). The van der Waals surface area contributed by atoms with E-state index >= 15 is 0 Å². The number of nitrogens with zero attached hydrogens (tertiary/aromatic N) is 2. The van der Waals surface area contributed by atoms with Gasteiger partial charge in [0.2, 0.25) is 0 Å². The molecule has 0 atom stereocenters. The number of thioether (sulfide) groups is 1. The molecule has 5 nitrogen and oxygen atoms in total. The molecule has 0 aliphatic carbocycles. The lowest BCUT2D eigenvalue weighted by Crippen LogP contribution is -1.99. The first-order valence-electron chi connectivity index (χ1n) is 8.73. The maximum absolute atomic E-state index is 14.1. The van der Waals surface area contributed by atoms with Gasteiger partial charge in [0.25, 0.3) is 0 Å². The molecule has 0 aliphatic rings. The minimum absolute atomic E-state index is 0.135. The molecule has 0 amide bonds. The molecule has 0 saturated heterocycles. The first-order valence-corrected chi connectivity index (χ1v) is 10.4. The van der Waals surface area contributed by atoms with Gasteiger partial charge in [-0.15, -0.1) is 0 Å². The largest absolute Gasteiger partial charge is 0.506 e. The first-order chi connectivity index (χ1) is 13.4. The number of hydrogen-bond acceptors (Lipinski definition) is 6. The van der Waals surface area contributed by atoms with Crippen LogP contribution in [0, 0.1) is 11.6 Å². The number of phenols is 1.